The number of pyridine rings is 1. The molecule has 0 radical (unpaired) electrons. The van der Waals surface area contributed by atoms with Crippen molar-refractivity contribution in [2.45, 2.75) is 6.92 Å². The summed E-state index contributed by atoms with van der Waals surface area (Å²) in [6, 6.07) is 56.6. The summed E-state index contributed by atoms with van der Waals surface area (Å²) >= 11 is 0. The van der Waals surface area contributed by atoms with E-state index in [4.69, 9.17) is 4.98 Å². The summed E-state index contributed by atoms with van der Waals surface area (Å²) in [5.41, 5.74) is 8.28. The van der Waals surface area contributed by atoms with Gasteiger partial charge in [0.25, 0.3) is 0 Å². The van der Waals surface area contributed by atoms with Crippen LogP contribution in [-0.4, -0.2) is 4.98 Å². The van der Waals surface area contributed by atoms with Gasteiger partial charge in [0.1, 0.15) is 5.82 Å². The van der Waals surface area contributed by atoms with Gasteiger partial charge < -0.3 is 0 Å². The van der Waals surface area contributed by atoms with Crippen LogP contribution in [0.25, 0.3) is 54.6 Å². The van der Waals surface area contributed by atoms with Crippen LogP contribution in [0.15, 0.2) is 164 Å². The van der Waals surface area contributed by atoms with Gasteiger partial charge in [-0.05, 0) is 97.4 Å². The predicted octanol–water partition coefficient (Wildman–Crippen LogP) is 11.7. The SMILES string of the molecule is Cc1ccc(N(c2ccccc2)c2ccc(-c3c4ccccc4c(-c4cccc5ccccc45)c4ccccc34)cc2)nc1. The van der Waals surface area contributed by atoms with Crippen molar-refractivity contribution in [1.82, 2.24) is 4.98 Å². The second kappa shape index (κ2) is 10.8. The van der Waals surface area contributed by atoms with E-state index < -0.39 is 0 Å². The molecule has 0 aliphatic rings. The average molecular weight is 563 g/mol. The fraction of sp³-hybridized carbons (Fsp3) is 0.0238. The van der Waals surface area contributed by atoms with E-state index in [-0.39, 0.29) is 0 Å². The maximum atomic E-state index is 4.78. The van der Waals surface area contributed by atoms with Crippen LogP contribution in [0.3, 0.4) is 0 Å². The molecule has 0 atom stereocenters. The van der Waals surface area contributed by atoms with Crippen LogP contribution in [-0.2, 0) is 0 Å². The van der Waals surface area contributed by atoms with Crippen molar-refractivity contribution in [3.8, 4) is 22.3 Å². The molecule has 0 amide bonds. The molecule has 1 aromatic heterocycles. The van der Waals surface area contributed by atoms with Crippen molar-refractivity contribution in [2.75, 3.05) is 4.90 Å². The van der Waals surface area contributed by atoms with E-state index in [2.05, 4.69) is 163 Å². The molecule has 2 heteroatoms. The molecular weight excluding hydrogens is 532 g/mol. The summed E-state index contributed by atoms with van der Waals surface area (Å²) in [6.07, 6.45) is 1.93. The second-order valence-corrected chi connectivity index (χ2v) is 11.3. The largest absolute Gasteiger partial charge is 0.295 e. The van der Waals surface area contributed by atoms with Crippen LogP contribution >= 0.6 is 0 Å². The monoisotopic (exact) mass is 562 g/mol. The molecule has 0 fully saturated rings. The number of fused-ring (bicyclic) bond motifs is 3. The predicted molar refractivity (Wildman–Crippen MR) is 187 cm³/mol. The molecule has 7 aromatic carbocycles. The molecular formula is C42H30N2. The minimum Gasteiger partial charge on any atom is -0.295 e. The van der Waals surface area contributed by atoms with Crippen LogP contribution in [0.2, 0.25) is 0 Å². The zero-order chi connectivity index (χ0) is 29.5. The lowest BCUT2D eigenvalue weighted by Gasteiger charge is -2.25. The van der Waals surface area contributed by atoms with Gasteiger partial charge in [0, 0.05) is 17.6 Å². The molecule has 0 bridgehead atoms. The molecule has 0 unspecified atom stereocenters. The quantitative estimate of drug-likeness (QED) is 0.194. The van der Waals surface area contributed by atoms with Gasteiger partial charge in [0.2, 0.25) is 0 Å². The van der Waals surface area contributed by atoms with Crippen molar-refractivity contribution >= 4 is 49.5 Å². The Morgan fingerprint density at radius 3 is 1.61 bits per heavy atom. The third-order valence-corrected chi connectivity index (χ3v) is 8.54. The summed E-state index contributed by atoms with van der Waals surface area (Å²) in [7, 11) is 0. The highest BCUT2D eigenvalue weighted by Crippen LogP contribution is 2.45. The summed E-state index contributed by atoms with van der Waals surface area (Å²) < 4.78 is 0. The van der Waals surface area contributed by atoms with Crippen molar-refractivity contribution in [1.29, 1.82) is 0 Å². The zero-order valence-electron chi connectivity index (χ0n) is 24.5. The van der Waals surface area contributed by atoms with Crippen molar-refractivity contribution in [2.24, 2.45) is 0 Å². The summed E-state index contributed by atoms with van der Waals surface area (Å²) in [6.45, 7) is 2.07. The van der Waals surface area contributed by atoms with Crippen LogP contribution < -0.4 is 4.90 Å². The molecule has 2 nitrogen and oxygen atoms in total. The molecule has 8 rings (SSSR count). The molecule has 0 aliphatic heterocycles. The second-order valence-electron chi connectivity index (χ2n) is 11.3. The molecule has 0 saturated carbocycles. The molecule has 44 heavy (non-hydrogen) atoms. The Kier molecular flexibility index (Phi) is 6.39. The Morgan fingerprint density at radius 2 is 0.977 bits per heavy atom. The molecule has 0 saturated heterocycles. The van der Waals surface area contributed by atoms with Gasteiger partial charge in [-0.1, -0.05) is 127 Å². The molecule has 208 valence electrons. The lowest BCUT2D eigenvalue weighted by Crippen LogP contribution is -2.11. The fourth-order valence-corrected chi connectivity index (χ4v) is 6.53. The third kappa shape index (κ3) is 4.40. The number of aromatic nitrogens is 1. The third-order valence-electron chi connectivity index (χ3n) is 8.54. The first-order valence-corrected chi connectivity index (χ1v) is 15.1. The summed E-state index contributed by atoms with van der Waals surface area (Å²) in [5.74, 6) is 0.893. The summed E-state index contributed by atoms with van der Waals surface area (Å²) in [4.78, 5) is 6.99. The number of hydrogen-bond donors (Lipinski definition) is 0. The fourth-order valence-electron chi connectivity index (χ4n) is 6.53. The lowest BCUT2D eigenvalue weighted by atomic mass is 9.85. The first-order valence-electron chi connectivity index (χ1n) is 15.1. The van der Waals surface area contributed by atoms with E-state index in [1.807, 2.05) is 12.3 Å². The Balaban J connectivity index is 1.34. The molecule has 0 spiro atoms. The lowest BCUT2D eigenvalue weighted by molar-refractivity contribution is 1.16. The normalized spacial score (nSPS) is 11.3. The number of nitrogens with zero attached hydrogens (tertiary/aromatic N) is 2. The van der Waals surface area contributed by atoms with Gasteiger partial charge >= 0.3 is 0 Å². The number of aryl methyl sites for hydroxylation is 1. The van der Waals surface area contributed by atoms with Gasteiger partial charge in [0.15, 0.2) is 0 Å². The molecule has 1 heterocycles. The number of hydrogen-bond acceptors (Lipinski definition) is 2. The van der Waals surface area contributed by atoms with Crippen molar-refractivity contribution < 1.29 is 0 Å². The standard InChI is InChI=1S/C42H30N2/c1-29-22-27-40(43-28-29)44(32-14-3-2-4-15-32)33-25-23-31(24-26-33)41-36-17-7-9-19-38(36)42(39-20-10-8-18-37(39)41)35-21-11-13-30-12-5-6-16-34(30)35/h2-28H,1H3. The van der Waals surface area contributed by atoms with E-state index in [1.54, 1.807) is 0 Å². The molecule has 0 N–H and O–H groups in total. The number of benzene rings is 7. The highest BCUT2D eigenvalue weighted by atomic mass is 15.2. The molecule has 0 aliphatic carbocycles. The van der Waals surface area contributed by atoms with Crippen LogP contribution in [0.4, 0.5) is 17.2 Å². The topological polar surface area (TPSA) is 16.1 Å². The van der Waals surface area contributed by atoms with Crippen molar-refractivity contribution in [3.63, 3.8) is 0 Å². The van der Waals surface area contributed by atoms with Crippen LogP contribution in [0.5, 0.6) is 0 Å². The van der Waals surface area contributed by atoms with Gasteiger partial charge in [-0.2, -0.15) is 0 Å². The van der Waals surface area contributed by atoms with Gasteiger partial charge in [0.05, 0.1) is 0 Å². The van der Waals surface area contributed by atoms with E-state index in [0.717, 1.165) is 22.8 Å². The number of rotatable bonds is 5. The van der Waals surface area contributed by atoms with Gasteiger partial charge in [-0.3, -0.25) is 4.90 Å². The Hall–Kier alpha value is -5.73. The number of para-hydroxylation sites is 1. The smallest absolute Gasteiger partial charge is 0.137 e. The zero-order valence-corrected chi connectivity index (χ0v) is 24.5. The van der Waals surface area contributed by atoms with Crippen molar-refractivity contribution in [3.05, 3.63) is 169 Å². The number of anilines is 3. The van der Waals surface area contributed by atoms with E-state index in [1.165, 1.54) is 54.6 Å². The minimum absolute atomic E-state index is 0.893. The van der Waals surface area contributed by atoms with Crippen LogP contribution in [0, 0.1) is 6.92 Å². The average Bonchev–Trinajstić information content (AvgIpc) is 3.09. The Bertz CT molecular complexity index is 2210. The van der Waals surface area contributed by atoms with Gasteiger partial charge in [-0.25, -0.2) is 4.98 Å². The Morgan fingerprint density at radius 1 is 0.432 bits per heavy atom. The highest BCUT2D eigenvalue weighted by molar-refractivity contribution is 6.23. The van der Waals surface area contributed by atoms with Gasteiger partial charge in [-0.15, -0.1) is 0 Å². The maximum absolute atomic E-state index is 4.78. The molecule has 8 aromatic rings. The van der Waals surface area contributed by atoms with Crippen LogP contribution in [0.1, 0.15) is 5.56 Å². The highest BCUT2D eigenvalue weighted by Gasteiger charge is 2.19. The minimum atomic E-state index is 0.893. The first kappa shape index (κ1) is 25.9. The maximum Gasteiger partial charge on any atom is 0.137 e. The van der Waals surface area contributed by atoms with E-state index in [9.17, 15) is 0 Å². The summed E-state index contributed by atoms with van der Waals surface area (Å²) in [5, 5.41) is 7.55. The first-order chi connectivity index (χ1) is 21.8. The van der Waals surface area contributed by atoms with E-state index in [0.29, 0.717) is 0 Å². The Labute approximate surface area is 257 Å². The van der Waals surface area contributed by atoms with E-state index >= 15 is 0 Å².